The van der Waals surface area contributed by atoms with E-state index in [1.54, 1.807) is 18.2 Å². The molecular formula is C19H21FN2O. The van der Waals surface area contributed by atoms with Crippen LogP contribution in [-0.2, 0) is 0 Å². The van der Waals surface area contributed by atoms with E-state index in [2.05, 4.69) is 6.07 Å². The van der Waals surface area contributed by atoms with E-state index < -0.39 is 5.92 Å². The molecule has 2 aromatic carbocycles. The summed E-state index contributed by atoms with van der Waals surface area (Å²) < 4.78 is 19.5. The van der Waals surface area contributed by atoms with Gasteiger partial charge in [0.05, 0.1) is 18.6 Å². The van der Waals surface area contributed by atoms with Crippen LogP contribution in [0.3, 0.4) is 0 Å². The van der Waals surface area contributed by atoms with Crippen molar-refractivity contribution in [3.05, 3.63) is 59.9 Å². The zero-order chi connectivity index (χ0) is 16.7. The predicted molar refractivity (Wildman–Crippen MR) is 90.3 cm³/mol. The predicted octanol–water partition coefficient (Wildman–Crippen LogP) is 4.36. The molecule has 0 spiro atoms. The van der Waals surface area contributed by atoms with Crippen LogP contribution < -0.4 is 9.64 Å². The zero-order valence-electron chi connectivity index (χ0n) is 13.5. The van der Waals surface area contributed by atoms with Crippen LogP contribution in [-0.4, -0.2) is 20.7 Å². The summed E-state index contributed by atoms with van der Waals surface area (Å²) in [6.45, 7) is 0.503. The van der Waals surface area contributed by atoms with Crippen LogP contribution in [0.1, 0.15) is 24.3 Å². The Bertz CT molecular complexity index is 679. The second-order valence-corrected chi connectivity index (χ2v) is 5.59. The van der Waals surface area contributed by atoms with E-state index in [0.717, 1.165) is 11.4 Å². The highest BCUT2D eigenvalue weighted by molar-refractivity contribution is 5.49. The summed E-state index contributed by atoms with van der Waals surface area (Å²) in [7, 11) is 3.95. The zero-order valence-corrected chi connectivity index (χ0v) is 13.5. The minimum Gasteiger partial charge on any atom is -0.494 e. The van der Waals surface area contributed by atoms with E-state index in [-0.39, 0.29) is 5.82 Å². The number of ether oxygens (including phenoxy) is 1. The van der Waals surface area contributed by atoms with Crippen LogP contribution in [0, 0.1) is 17.1 Å². The Labute approximate surface area is 136 Å². The van der Waals surface area contributed by atoms with Crippen LogP contribution in [0.5, 0.6) is 5.75 Å². The molecule has 0 bridgehead atoms. The van der Waals surface area contributed by atoms with Crippen molar-refractivity contribution in [3.8, 4) is 11.8 Å². The molecule has 0 radical (unpaired) electrons. The maximum absolute atomic E-state index is 13.7. The first-order chi connectivity index (χ1) is 11.1. The molecule has 2 aromatic rings. The maximum Gasteiger partial charge on any atom is 0.127 e. The Balaban J connectivity index is 1.86. The van der Waals surface area contributed by atoms with Crippen molar-refractivity contribution in [1.82, 2.24) is 0 Å². The normalized spacial score (nSPS) is 11.6. The van der Waals surface area contributed by atoms with Gasteiger partial charge in [0.1, 0.15) is 11.6 Å². The lowest BCUT2D eigenvalue weighted by molar-refractivity contribution is 0.304. The van der Waals surface area contributed by atoms with Crippen molar-refractivity contribution in [2.75, 3.05) is 25.6 Å². The SMILES string of the molecule is CN(C)c1cccc(OCCCC(C#N)c2ccccc2F)c1. The molecule has 0 saturated carbocycles. The van der Waals surface area contributed by atoms with E-state index >= 15 is 0 Å². The number of hydrogen-bond acceptors (Lipinski definition) is 3. The third kappa shape index (κ3) is 4.72. The lowest BCUT2D eigenvalue weighted by Crippen LogP contribution is -2.08. The van der Waals surface area contributed by atoms with Crippen LogP contribution in [0.4, 0.5) is 10.1 Å². The standard InChI is InChI=1S/C19H21FN2O/c1-22(2)16-8-5-9-17(13-16)23-12-6-7-15(14-21)18-10-3-4-11-19(18)20/h3-5,8-11,13,15H,6-7,12H2,1-2H3. The van der Waals surface area contributed by atoms with Crippen molar-refractivity contribution >= 4 is 5.69 Å². The molecule has 0 heterocycles. The van der Waals surface area contributed by atoms with E-state index in [9.17, 15) is 9.65 Å². The molecule has 1 unspecified atom stereocenters. The fourth-order valence-electron chi connectivity index (χ4n) is 2.38. The van der Waals surface area contributed by atoms with Gasteiger partial charge in [0, 0.05) is 31.4 Å². The van der Waals surface area contributed by atoms with Crippen molar-refractivity contribution in [2.24, 2.45) is 0 Å². The number of nitrogens with zero attached hydrogens (tertiary/aromatic N) is 2. The fraction of sp³-hybridized carbons (Fsp3) is 0.316. The lowest BCUT2D eigenvalue weighted by atomic mass is 9.95. The Kier molecular flexibility index (Phi) is 5.99. The van der Waals surface area contributed by atoms with Gasteiger partial charge >= 0.3 is 0 Å². The third-order valence-electron chi connectivity index (χ3n) is 3.68. The number of rotatable bonds is 7. The summed E-state index contributed by atoms with van der Waals surface area (Å²) in [5.41, 5.74) is 1.54. The van der Waals surface area contributed by atoms with Gasteiger partial charge < -0.3 is 9.64 Å². The summed E-state index contributed by atoms with van der Waals surface area (Å²) in [5.74, 6) is 0.0437. The first kappa shape index (κ1) is 16.8. The monoisotopic (exact) mass is 312 g/mol. The minimum atomic E-state index is -0.437. The Hall–Kier alpha value is -2.54. The topological polar surface area (TPSA) is 36.3 Å². The highest BCUT2D eigenvalue weighted by Crippen LogP contribution is 2.24. The van der Waals surface area contributed by atoms with Gasteiger partial charge in [-0.05, 0) is 31.0 Å². The molecule has 0 saturated heterocycles. The second-order valence-electron chi connectivity index (χ2n) is 5.59. The van der Waals surface area contributed by atoms with Crippen molar-refractivity contribution < 1.29 is 9.13 Å². The molecule has 120 valence electrons. The molecule has 23 heavy (non-hydrogen) atoms. The van der Waals surface area contributed by atoms with E-state index in [0.29, 0.717) is 25.0 Å². The summed E-state index contributed by atoms with van der Waals surface area (Å²) in [4.78, 5) is 2.01. The molecule has 0 amide bonds. The molecule has 3 nitrogen and oxygen atoms in total. The molecule has 1 atom stereocenters. The van der Waals surface area contributed by atoms with Crippen LogP contribution in [0.25, 0.3) is 0 Å². The Morgan fingerprint density at radius 2 is 1.96 bits per heavy atom. The molecule has 4 heteroatoms. The summed E-state index contributed by atoms with van der Waals surface area (Å²) in [6.07, 6.45) is 1.27. The number of hydrogen-bond donors (Lipinski definition) is 0. The average Bonchev–Trinajstić information content (AvgIpc) is 2.56. The molecule has 0 N–H and O–H groups in total. The first-order valence-electron chi connectivity index (χ1n) is 7.66. The smallest absolute Gasteiger partial charge is 0.127 e. The summed E-state index contributed by atoms with van der Waals surface area (Å²) in [6, 6.07) is 16.5. The number of nitriles is 1. The highest BCUT2D eigenvalue weighted by Gasteiger charge is 2.14. The quantitative estimate of drug-likeness (QED) is 0.713. The van der Waals surface area contributed by atoms with Crippen molar-refractivity contribution in [3.63, 3.8) is 0 Å². The van der Waals surface area contributed by atoms with Crippen molar-refractivity contribution in [1.29, 1.82) is 5.26 Å². The third-order valence-corrected chi connectivity index (χ3v) is 3.68. The van der Waals surface area contributed by atoms with E-state index in [4.69, 9.17) is 4.74 Å². The maximum atomic E-state index is 13.7. The number of halogens is 1. The van der Waals surface area contributed by atoms with Crippen LogP contribution >= 0.6 is 0 Å². The molecule has 0 aromatic heterocycles. The lowest BCUT2D eigenvalue weighted by Gasteiger charge is -2.14. The van der Waals surface area contributed by atoms with E-state index in [1.807, 2.05) is 43.3 Å². The van der Waals surface area contributed by atoms with Gasteiger partial charge in [0.15, 0.2) is 0 Å². The van der Waals surface area contributed by atoms with Crippen molar-refractivity contribution in [2.45, 2.75) is 18.8 Å². The van der Waals surface area contributed by atoms with Crippen LogP contribution in [0.15, 0.2) is 48.5 Å². The molecular weight excluding hydrogens is 291 g/mol. The molecule has 0 aliphatic heterocycles. The van der Waals surface area contributed by atoms with E-state index in [1.165, 1.54) is 6.07 Å². The van der Waals surface area contributed by atoms with Gasteiger partial charge in [-0.25, -0.2) is 4.39 Å². The largest absolute Gasteiger partial charge is 0.494 e. The van der Waals surface area contributed by atoms with Gasteiger partial charge in [-0.15, -0.1) is 0 Å². The second kappa shape index (κ2) is 8.19. The molecule has 0 aliphatic rings. The van der Waals surface area contributed by atoms with Gasteiger partial charge in [-0.2, -0.15) is 5.26 Å². The van der Waals surface area contributed by atoms with Gasteiger partial charge in [0.2, 0.25) is 0 Å². The Morgan fingerprint density at radius 3 is 2.65 bits per heavy atom. The molecule has 0 aliphatic carbocycles. The van der Waals surface area contributed by atoms with Gasteiger partial charge in [0.25, 0.3) is 0 Å². The molecule has 0 fully saturated rings. The first-order valence-corrected chi connectivity index (χ1v) is 7.66. The molecule has 2 rings (SSSR count). The van der Waals surface area contributed by atoms with Gasteiger partial charge in [-0.1, -0.05) is 24.3 Å². The highest BCUT2D eigenvalue weighted by atomic mass is 19.1. The minimum absolute atomic E-state index is 0.321. The average molecular weight is 312 g/mol. The van der Waals surface area contributed by atoms with Crippen LogP contribution in [0.2, 0.25) is 0 Å². The number of benzene rings is 2. The number of anilines is 1. The Morgan fingerprint density at radius 1 is 1.17 bits per heavy atom. The summed E-state index contributed by atoms with van der Waals surface area (Å²) in [5, 5.41) is 9.25. The summed E-state index contributed by atoms with van der Waals surface area (Å²) >= 11 is 0. The van der Waals surface area contributed by atoms with Gasteiger partial charge in [-0.3, -0.25) is 0 Å². The fourth-order valence-corrected chi connectivity index (χ4v) is 2.38.